The molecule has 0 saturated carbocycles. The predicted molar refractivity (Wildman–Crippen MR) is 54.5 cm³/mol. The molecule has 0 amide bonds. The van der Waals surface area contributed by atoms with Crippen LogP contribution in [0.1, 0.15) is 0 Å². The fourth-order valence-corrected chi connectivity index (χ4v) is 1.77. The summed E-state index contributed by atoms with van der Waals surface area (Å²) in [6.07, 6.45) is 3.91. The minimum Gasteiger partial charge on any atom is -0.217 e. The minimum atomic E-state index is 0.604. The molecule has 0 saturated heterocycles. The zero-order valence-electron chi connectivity index (χ0n) is 6.24. The normalized spacial score (nSPS) is 17.9. The molecule has 1 aliphatic heterocycles. The summed E-state index contributed by atoms with van der Waals surface area (Å²) in [6, 6.07) is 0. The van der Waals surface area contributed by atoms with Crippen LogP contribution in [0.25, 0.3) is 0 Å². The van der Waals surface area contributed by atoms with E-state index < -0.39 is 0 Å². The van der Waals surface area contributed by atoms with Crippen LogP contribution in [0.4, 0.5) is 0 Å². The third kappa shape index (κ3) is 2.57. The molecule has 0 aliphatic carbocycles. The molecule has 1 heterocycles. The molecule has 1 aliphatic rings. The van der Waals surface area contributed by atoms with Gasteiger partial charge in [0.1, 0.15) is 6.54 Å². The highest BCUT2D eigenvalue weighted by Gasteiger charge is 2.11. The van der Waals surface area contributed by atoms with Crippen LogP contribution in [-0.2, 0) is 0 Å². The molecule has 0 N–H and O–H groups in total. The summed E-state index contributed by atoms with van der Waals surface area (Å²) in [5.41, 5.74) is 0. The molecule has 0 fully saturated rings. The standard InChI is InChI=1S/C5H8ClN3S2/c1-10-4-3-9(6)8-5(7-4)11-2/h3H2,1-2H3. The highest BCUT2D eigenvalue weighted by atomic mass is 35.5. The van der Waals surface area contributed by atoms with Crippen molar-refractivity contribution >= 4 is 45.5 Å². The Balaban J connectivity index is 2.71. The van der Waals surface area contributed by atoms with E-state index in [-0.39, 0.29) is 0 Å². The van der Waals surface area contributed by atoms with Gasteiger partial charge in [0.15, 0.2) is 0 Å². The lowest BCUT2D eigenvalue weighted by Crippen LogP contribution is -2.20. The van der Waals surface area contributed by atoms with Crippen LogP contribution >= 0.6 is 35.3 Å². The maximum absolute atomic E-state index is 5.70. The van der Waals surface area contributed by atoms with Crippen molar-refractivity contribution < 1.29 is 0 Å². The summed E-state index contributed by atoms with van der Waals surface area (Å²) in [5, 5.41) is 5.69. The number of halogens is 1. The Kier molecular flexibility index (Phi) is 3.54. The Labute approximate surface area is 79.4 Å². The smallest absolute Gasteiger partial charge is 0.208 e. The van der Waals surface area contributed by atoms with E-state index in [1.54, 1.807) is 11.8 Å². The van der Waals surface area contributed by atoms with E-state index in [0.29, 0.717) is 6.54 Å². The Bertz CT molecular complexity index is 204. The molecule has 0 unspecified atom stereocenters. The second-order valence-corrected chi connectivity index (χ2v) is 3.83. The summed E-state index contributed by atoms with van der Waals surface area (Å²) in [7, 11) is 0. The van der Waals surface area contributed by atoms with Gasteiger partial charge >= 0.3 is 0 Å². The Morgan fingerprint density at radius 2 is 2.18 bits per heavy atom. The van der Waals surface area contributed by atoms with Crippen LogP contribution in [0.5, 0.6) is 0 Å². The van der Waals surface area contributed by atoms with E-state index in [1.807, 2.05) is 12.5 Å². The van der Waals surface area contributed by atoms with E-state index >= 15 is 0 Å². The van der Waals surface area contributed by atoms with Gasteiger partial charge in [-0.25, -0.2) is 4.99 Å². The molecule has 1 rings (SSSR count). The SMILES string of the molecule is CSC1=NC(SC)=NN(Cl)C1. The van der Waals surface area contributed by atoms with Crippen LogP contribution in [0.15, 0.2) is 10.1 Å². The maximum atomic E-state index is 5.70. The first-order chi connectivity index (χ1) is 5.26. The van der Waals surface area contributed by atoms with Crippen molar-refractivity contribution in [3.8, 4) is 0 Å². The average Bonchev–Trinajstić information content (AvgIpc) is 2.03. The third-order valence-electron chi connectivity index (χ3n) is 1.10. The number of nitrogens with zero attached hydrogens (tertiary/aromatic N) is 3. The highest BCUT2D eigenvalue weighted by Crippen LogP contribution is 2.14. The molecule has 11 heavy (non-hydrogen) atoms. The van der Waals surface area contributed by atoms with E-state index in [9.17, 15) is 0 Å². The molecule has 0 spiro atoms. The van der Waals surface area contributed by atoms with Gasteiger partial charge in [0.2, 0.25) is 5.17 Å². The lowest BCUT2D eigenvalue weighted by atomic mass is 10.7. The van der Waals surface area contributed by atoms with Gasteiger partial charge < -0.3 is 0 Å². The van der Waals surface area contributed by atoms with Crippen LogP contribution in [-0.4, -0.2) is 33.8 Å². The number of hydrazone groups is 1. The average molecular weight is 210 g/mol. The third-order valence-corrected chi connectivity index (χ3v) is 2.52. The molecule has 6 heteroatoms. The monoisotopic (exact) mass is 209 g/mol. The molecule has 62 valence electrons. The van der Waals surface area contributed by atoms with Crippen LogP contribution in [0.3, 0.4) is 0 Å². The van der Waals surface area contributed by atoms with Gasteiger partial charge in [-0.2, -0.15) is 4.53 Å². The molecule has 0 aromatic rings. The van der Waals surface area contributed by atoms with E-state index in [4.69, 9.17) is 11.8 Å². The second kappa shape index (κ2) is 4.23. The van der Waals surface area contributed by atoms with Crippen molar-refractivity contribution in [3.05, 3.63) is 0 Å². The highest BCUT2D eigenvalue weighted by molar-refractivity contribution is 8.14. The zero-order valence-corrected chi connectivity index (χ0v) is 8.63. The summed E-state index contributed by atoms with van der Waals surface area (Å²) < 4.78 is 1.38. The number of thioether (sulfide) groups is 2. The molecule has 0 bridgehead atoms. The fraction of sp³-hybridized carbons (Fsp3) is 0.600. The van der Waals surface area contributed by atoms with E-state index in [1.165, 1.54) is 16.3 Å². The van der Waals surface area contributed by atoms with Crippen molar-refractivity contribution in [2.24, 2.45) is 10.1 Å². The quantitative estimate of drug-likeness (QED) is 0.570. The van der Waals surface area contributed by atoms with E-state index in [0.717, 1.165) is 10.2 Å². The molecule has 0 aromatic carbocycles. The lowest BCUT2D eigenvalue weighted by Gasteiger charge is -2.15. The number of rotatable bonds is 0. The summed E-state index contributed by atoms with van der Waals surface area (Å²) in [5.74, 6) is 0. The second-order valence-electron chi connectivity index (χ2n) is 1.79. The molecular formula is C5H8ClN3S2. The van der Waals surface area contributed by atoms with Gasteiger partial charge in [-0.05, 0) is 12.5 Å². The summed E-state index contributed by atoms with van der Waals surface area (Å²) >= 11 is 8.79. The first-order valence-corrected chi connectivity index (χ1v) is 5.72. The number of amidine groups is 1. The topological polar surface area (TPSA) is 28.0 Å². The van der Waals surface area contributed by atoms with Crippen LogP contribution in [0, 0.1) is 0 Å². The molecule has 0 atom stereocenters. The van der Waals surface area contributed by atoms with Crippen molar-refractivity contribution in [1.29, 1.82) is 0 Å². The summed E-state index contributed by atoms with van der Waals surface area (Å²) in [4.78, 5) is 4.24. The van der Waals surface area contributed by atoms with Crippen molar-refractivity contribution in [2.45, 2.75) is 0 Å². The van der Waals surface area contributed by atoms with Crippen molar-refractivity contribution in [2.75, 3.05) is 19.1 Å². The van der Waals surface area contributed by atoms with Gasteiger partial charge in [-0.3, -0.25) is 0 Å². The lowest BCUT2D eigenvalue weighted by molar-refractivity contribution is 0.554. The molecule has 0 aromatic heterocycles. The maximum Gasteiger partial charge on any atom is 0.208 e. The van der Waals surface area contributed by atoms with Gasteiger partial charge in [-0.1, -0.05) is 11.8 Å². The van der Waals surface area contributed by atoms with Gasteiger partial charge in [-0.15, -0.1) is 16.9 Å². The Morgan fingerprint density at radius 3 is 2.73 bits per heavy atom. The number of hydrogen-bond acceptors (Lipinski definition) is 5. The van der Waals surface area contributed by atoms with Crippen molar-refractivity contribution in [1.82, 2.24) is 4.53 Å². The first-order valence-electron chi connectivity index (χ1n) is 2.93. The summed E-state index contributed by atoms with van der Waals surface area (Å²) in [6.45, 7) is 0.604. The number of aliphatic imine (C=N–C) groups is 1. The Hall–Kier alpha value is 0.130. The molecule has 3 nitrogen and oxygen atoms in total. The zero-order chi connectivity index (χ0) is 8.27. The van der Waals surface area contributed by atoms with Crippen molar-refractivity contribution in [3.63, 3.8) is 0 Å². The molecule has 0 radical (unpaired) electrons. The Morgan fingerprint density at radius 1 is 1.45 bits per heavy atom. The van der Waals surface area contributed by atoms with Gasteiger partial charge in [0.05, 0.1) is 5.04 Å². The van der Waals surface area contributed by atoms with Gasteiger partial charge in [0.25, 0.3) is 0 Å². The van der Waals surface area contributed by atoms with Gasteiger partial charge in [0, 0.05) is 11.8 Å². The largest absolute Gasteiger partial charge is 0.217 e. The van der Waals surface area contributed by atoms with Crippen LogP contribution < -0.4 is 0 Å². The molecular weight excluding hydrogens is 202 g/mol. The first kappa shape index (κ1) is 9.22. The predicted octanol–water partition coefficient (Wildman–Crippen LogP) is 1.85. The van der Waals surface area contributed by atoms with E-state index in [2.05, 4.69) is 10.1 Å². The number of hydrogen-bond donors (Lipinski definition) is 0. The van der Waals surface area contributed by atoms with Crippen LogP contribution in [0.2, 0.25) is 0 Å². The fourth-order valence-electron chi connectivity index (χ4n) is 0.601. The minimum absolute atomic E-state index is 0.604.